The smallest absolute Gasteiger partial charge is 0.228 e. The number of nitrogens with one attached hydrogen (secondary N) is 2. The normalized spacial score (nSPS) is 18.1. The van der Waals surface area contributed by atoms with Gasteiger partial charge in [0.05, 0.1) is 11.8 Å². The van der Waals surface area contributed by atoms with E-state index in [0.717, 1.165) is 5.69 Å². The summed E-state index contributed by atoms with van der Waals surface area (Å²) in [7, 11) is 0. The predicted molar refractivity (Wildman–Crippen MR) is 106 cm³/mol. The van der Waals surface area contributed by atoms with Gasteiger partial charge in [0.1, 0.15) is 0 Å². The fourth-order valence-corrected chi connectivity index (χ4v) is 2.98. The van der Waals surface area contributed by atoms with Crippen LogP contribution in [0, 0.1) is 11.8 Å². The zero-order valence-corrected chi connectivity index (χ0v) is 15.8. The van der Waals surface area contributed by atoms with E-state index in [0.29, 0.717) is 23.6 Å². The Kier molecular flexibility index (Phi) is 5.40. The van der Waals surface area contributed by atoms with Crippen molar-refractivity contribution in [3.8, 4) is 0 Å². The van der Waals surface area contributed by atoms with Crippen LogP contribution in [0.25, 0.3) is 0 Å². The number of amides is 2. The van der Waals surface area contributed by atoms with Crippen molar-refractivity contribution in [1.82, 2.24) is 0 Å². The van der Waals surface area contributed by atoms with Crippen molar-refractivity contribution >= 4 is 29.0 Å². The summed E-state index contributed by atoms with van der Waals surface area (Å²) in [5.74, 6) is -0.483. The van der Waals surface area contributed by atoms with E-state index in [2.05, 4.69) is 24.5 Å². The zero-order chi connectivity index (χ0) is 19.6. The molecule has 27 heavy (non-hydrogen) atoms. The molecule has 0 heterocycles. The first kappa shape index (κ1) is 18.8. The van der Waals surface area contributed by atoms with Gasteiger partial charge in [0.25, 0.3) is 0 Å². The topological polar surface area (TPSA) is 75.3 Å². The standard InChI is InChI=1S/C22H24N2O3/c1-13(2)15-4-8-17(9-5-15)23-21(26)19-12-20(19)22(27)24-18-10-6-16(7-11-18)14(3)25/h4-11,13,19-20H,12H2,1-3H3,(H,23,26)(H,24,27). The molecule has 1 saturated carbocycles. The molecule has 0 aromatic heterocycles. The zero-order valence-electron chi connectivity index (χ0n) is 15.8. The SMILES string of the molecule is CC(=O)c1ccc(NC(=O)C2CC2C(=O)Nc2ccc(C(C)C)cc2)cc1. The van der Waals surface area contributed by atoms with Gasteiger partial charge in [0.15, 0.2) is 5.78 Å². The quantitative estimate of drug-likeness (QED) is 0.753. The molecule has 2 amide bonds. The first-order valence-corrected chi connectivity index (χ1v) is 9.18. The van der Waals surface area contributed by atoms with Crippen LogP contribution in [0.2, 0.25) is 0 Å². The first-order chi connectivity index (χ1) is 12.8. The van der Waals surface area contributed by atoms with Crippen LogP contribution in [0.1, 0.15) is 49.0 Å². The molecule has 2 N–H and O–H groups in total. The van der Waals surface area contributed by atoms with E-state index in [1.54, 1.807) is 24.3 Å². The van der Waals surface area contributed by atoms with Crippen molar-refractivity contribution < 1.29 is 14.4 Å². The molecule has 2 aromatic carbocycles. The van der Waals surface area contributed by atoms with E-state index < -0.39 is 0 Å². The molecular formula is C22H24N2O3. The molecule has 0 saturated heterocycles. The minimum Gasteiger partial charge on any atom is -0.326 e. The number of benzene rings is 2. The summed E-state index contributed by atoms with van der Waals surface area (Å²) < 4.78 is 0. The number of hydrogen-bond acceptors (Lipinski definition) is 3. The molecule has 2 unspecified atom stereocenters. The second-order valence-electron chi connectivity index (χ2n) is 7.34. The Bertz CT molecular complexity index is 854. The highest BCUT2D eigenvalue weighted by Gasteiger charge is 2.48. The fraction of sp³-hybridized carbons (Fsp3) is 0.318. The van der Waals surface area contributed by atoms with Gasteiger partial charge >= 0.3 is 0 Å². The molecule has 5 heteroatoms. The van der Waals surface area contributed by atoms with Crippen LogP contribution in [0.4, 0.5) is 11.4 Å². The van der Waals surface area contributed by atoms with Gasteiger partial charge in [0, 0.05) is 16.9 Å². The van der Waals surface area contributed by atoms with Gasteiger partial charge in [-0.1, -0.05) is 26.0 Å². The predicted octanol–water partition coefficient (Wildman–Crippen LogP) is 4.23. The third-order valence-corrected chi connectivity index (χ3v) is 4.87. The Labute approximate surface area is 159 Å². The fourth-order valence-electron chi connectivity index (χ4n) is 2.98. The van der Waals surface area contributed by atoms with Crippen LogP contribution in [0.5, 0.6) is 0 Å². The molecule has 2 aromatic rings. The average molecular weight is 364 g/mol. The third-order valence-electron chi connectivity index (χ3n) is 4.87. The lowest BCUT2D eigenvalue weighted by Crippen LogP contribution is -2.20. The molecule has 0 radical (unpaired) electrons. The molecule has 0 spiro atoms. The maximum atomic E-state index is 12.4. The number of carbonyl (C=O) groups is 3. The molecule has 1 aliphatic carbocycles. The molecule has 2 atom stereocenters. The van der Waals surface area contributed by atoms with Crippen molar-refractivity contribution in [3.05, 3.63) is 59.7 Å². The highest BCUT2D eigenvalue weighted by Crippen LogP contribution is 2.40. The van der Waals surface area contributed by atoms with E-state index in [-0.39, 0.29) is 29.4 Å². The van der Waals surface area contributed by atoms with E-state index in [4.69, 9.17) is 0 Å². The van der Waals surface area contributed by atoms with Crippen LogP contribution >= 0.6 is 0 Å². The number of ketones is 1. The lowest BCUT2D eigenvalue weighted by molar-refractivity contribution is -0.122. The molecule has 0 bridgehead atoms. The molecule has 0 aliphatic heterocycles. The van der Waals surface area contributed by atoms with Gasteiger partial charge in [-0.15, -0.1) is 0 Å². The number of anilines is 2. The highest BCUT2D eigenvalue weighted by molar-refractivity contribution is 6.03. The Hall–Kier alpha value is -2.95. The largest absolute Gasteiger partial charge is 0.326 e. The average Bonchev–Trinajstić information content (AvgIpc) is 3.43. The monoisotopic (exact) mass is 364 g/mol. The molecule has 1 fully saturated rings. The van der Waals surface area contributed by atoms with Gasteiger partial charge in [-0.2, -0.15) is 0 Å². The third kappa shape index (κ3) is 4.61. The van der Waals surface area contributed by atoms with Crippen LogP contribution in [0.3, 0.4) is 0 Å². The summed E-state index contributed by atoms with van der Waals surface area (Å²) in [6, 6.07) is 14.5. The minimum atomic E-state index is -0.313. The lowest BCUT2D eigenvalue weighted by Gasteiger charge is -2.09. The maximum Gasteiger partial charge on any atom is 0.228 e. The number of hydrogen-bond donors (Lipinski definition) is 2. The van der Waals surface area contributed by atoms with Crippen LogP contribution in [0.15, 0.2) is 48.5 Å². The van der Waals surface area contributed by atoms with E-state index in [9.17, 15) is 14.4 Å². The van der Waals surface area contributed by atoms with Crippen LogP contribution in [-0.2, 0) is 9.59 Å². The van der Waals surface area contributed by atoms with Crippen molar-refractivity contribution in [3.63, 3.8) is 0 Å². The second kappa shape index (κ2) is 7.74. The summed E-state index contributed by atoms with van der Waals surface area (Å²) in [6.45, 7) is 5.74. The summed E-state index contributed by atoms with van der Waals surface area (Å²) in [5.41, 5.74) is 3.18. The Morgan fingerprint density at radius 2 is 1.26 bits per heavy atom. The molecule has 3 rings (SSSR count). The van der Waals surface area contributed by atoms with Crippen molar-refractivity contribution in [1.29, 1.82) is 0 Å². The van der Waals surface area contributed by atoms with Gasteiger partial charge in [0.2, 0.25) is 11.8 Å². The molecule has 1 aliphatic rings. The lowest BCUT2D eigenvalue weighted by atomic mass is 10.0. The van der Waals surface area contributed by atoms with Gasteiger partial charge < -0.3 is 10.6 Å². The number of carbonyl (C=O) groups excluding carboxylic acids is 3. The summed E-state index contributed by atoms with van der Waals surface area (Å²) in [4.78, 5) is 36.0. The van der Waals surface area contributed by atoms with Crippen molar-refractivity contribution in [2.75, 3.05) is 10.6 Å². The first-order valence-electron chi connectivity index (χ1n) is 9.18. The summed E-state index contributed by atoms with van der Waals surface area (Å²) >= 11 is 0. The molecule has 140 valence electrons. The minimum absolute atomic E-state index is 0.0202. The molecular weight excluding hydrogens is 340 g/mol. The van der Waals surface area contributed by atoms with Gasteiger partial charge in [-0.05, 0) is 61.2 Å². The van der Waals surface area contributed by atoms with E-state index >= 15 is 0 Å². The van der Waals surface area contributed by atoms with Crippen LogP contribution < -0.4 is 10.6 Å². The number of Topliss-reactive ketones (excluding diaryl/α,β-unsaturated/α-hetero) is 1. The Morgan fingerprint density at radius 1 is 0.815 bits per heavy atom. The van der Waals surface area contributed by atoms with Crippen molar-refractivity contribution in [2.45, 2.75) is 33.1 Å². The van der Waals surface area contributed by atoms with Crippen LogP contribution in [-0.4, -0.2) is 17.6 Å². The Balaban J connectivity index is 1.52. The second-order valence-corrected chi connectivity index (χ2v) is 7.34. The van der Waals surface area contributed by atoms with Gasteiger partial charge in [-0.25, -0.2) is 0 Å². The Morgan fingerprint density at radius 3 is 1.67 bits per heavy atom. The van der Waals surface area contributed by atoms with E-state index in [1.165, 1.54) is 12.5 Å². The van der Waals surface area contributed by atoms with Gasteiger partial charge in [-0.3, -0.25) is 14.4 Å². The molecule has 5 nitrogen and oxygen atoms in total. The highest BCUT2D eigenvalue weighted by atomic mass is 16.2. The summed E-state index contributed by atoms with van der Waals surface area (Å²) in [5, 5.41) is 5.69. The summed E-state index contributed by atoms with van der Waals surface area (Å²) in [6.07, 6.45) is 0.549. The maximum absolute atomic E-state index is 12.4. The van der Waals surface area contributed by atoms with Crippen molar-refractivity contribution in [2.24, 2.45) is 11.8 Å². The number of rotatable bonds is 6. The van der Waals surface area contributed by atoms with E-state index in [1.807, 2.05) is 24.3 Å².